The van der Waals surface area contributed by atoms with Gasteiger partial charge in [-0.1, -0.05) is 12.0 Å². The first-order valence-electron chi connectivity index (χ1n) is 16.9. The zero-order chi connectivity index (χ0) is 32.6. The minimum Gasteiger partial charge on any atom is -0.508 e. The summed E-state index contributed by atoms with van der Waals surface area (Å²) in [6.45, 7) is 7.86. The molecule has 0 radical (unpaired) electrons. The average molecular weight is 648 g/mol. The number of morpholine rings is 1. The largest absolute Gasteiger partial charge is 0.508 e. The number of halogens is 1. The normalized spacial score (nSPS) is 23.6. The summed E-state index contributed by atoms with van der Waals surface area (Å²) in [5, 5.41) is 15.7. The molecule has 6 heterocycles. The number of hydrogen-bond acceptors (Lipinski definition) is 9. The van der Waals surface area contributed by atoms with Crippen molar-refractivity contribution in [2.75, 3.05) is 50.9 Å². The molecule has 5 aromatic rings. The van der Waals surface area contributed by atoms with Crippen molar-refractivity contribution in [1.82, 2.24) is 29.6 Å². The summed E-state index contributed by atoms with van der Waals surface area (Å²) in [5.74, 6) is 2.90. The lowest BCUT2D eigenvalue weighted by Crippen LogP contribution is -2.51. The van der Waals surface area contributed by atoms with Gasteiger partial charge in [-0.25, -0.2) is 9.37 Å². The Kier molecular flexibility index (Phi) is 6.97. The fourth-order valence-electron chi connectivity index (χ4n) is 8.06. The van der Waals surface area contributed by atoms with Crippen LogP contribution in [0.2, 0.25) is 0 Å². The molecule has 10 nitrogen and oxygen atoms in total. The fourth-order valence-corrected chi connectivity index (χ4v) is 8.06. The molecule has 246 valence electrons. The molecule has 3 aliphatic heterocycles. The number of phenols is 1. The predicted octanol–water partition coefficient (Wildman–Crippen LogP) is 4.74. The van der Waals surface area contributed by atoms with Crippen molar-refractivity contribution in [2.24, 2.45) is 5.41 Å². The number of nitrogens with one attached hydrogen (secondary N) is 1. The molecular formula is C37H38FN7O3. The Hall–Kier alpha value is -4.50. The van der Waals surface area contributed by atoms with Crippen LogP contribution in [-0.4, -0.2) is 93.5 Å². The Morgan fingerprint density at radius 1 is 1.15 bits per heavy atom. The SMILES string of the molecule is C#Cc1c(F)ccc2cc(O)cc(-c3cc4nc(OCC5(CN6CCOC[C@H]6C)CC5)nc(N5C[C@H]6CC[C@@H](C5)N6)c4n4ccnc34)c12. The van der Waals surface area contributed by atoms with E-state index in [1.807, 2.05) is 16.7 Å². The number of terminal acetylenes is 1. The van der Waals surface area contributed by atoms with Crippen LogP contribution in [0.4, 0.5) is 10.2 Å². The zero-order valence-electron chi connectivity index (χ0n) is 27.0. The number of ether oxygens (including phenoxy) is 2. The zero-order valence-corrected chi connectivity index (χ0v) is 27.0. The van der Waals surface area contributed by atoms with Crippen molar-refractivity contribution in [1.29, 1.82) is 0 Å². The van der Waals surface area contributed by atoms with Gasteiger partial charge in [0.1, 0.15) is 22.7 Å². The van der Waals surface area contributed by atoms with Crippen molar-refractivity contribution < 1.29 is 19.0 Å². The summed E-state index contributed by atoms with van der Waals surface area (Å²) in [7, 11) is 0. The standard InChI is InChI=1S/C37H38FN7O3/c1-3-27-30(38)7-4-23-14-26(46)15-28(32(23)27)29-16-31-33(45-11-10-39-34(29)45)35(44-17-24-5-6-25(18-44)40-24)42-36(41-31)48-21-37(8-9-37)20-43-12-13-47-19-22(43)2/h1,4,7,10-11,14-16,22,24-25,40,46H,5-6,8-9,12-13,17-21H2,2H3/t22-,24-,25+/m1/s1. The molecule has 11 heteroatoms. The molecule has 0 unspecified atom stereocenters. The molecule has 2 N–H and O–H groups in total. The molecule has 48 heavy (non-hydrogen) atoms. The van der Waals surface area contributed by atoms with E-state index in [1.165, 1.54) is 6.07 Å². The maximum absolute atomic E-state index is 15.1. The third-order valence-electron chi connectivity index (χ3n) is 10.8. The first kappa shape index (κ1) is 29.6. The molecule has 1 aliphatic carbocycles. The monoisotopic (exact) mass is 647 g/mol. The molecule has 9 rings (SSSR count). The van der Waals surface area contributed by atoms with Crippen molar-refractivity contribution >= 4 is 33.3 Å². The van der Waals surface area contributed by atoms with E-state index in [0.717, 1.165) is 76.4 Å². The molecule has 4 aliphatic rings. The summed E-state index contributed by atoms with van der Waals surface area (Å²) < 4.78 is 29.3. The van der Waals surface area contributed by atoms with Gasteiger partial charge < -0.3 is 24.8 Å². The number of imidazole rings is 1. The van der Waals surface area contributed by atoms with E-state index in [9.17, 15) is 5.11 Å². The molecule has 0 spiro atoms. The maximum Gasteiger partial charge on any atom is 0.319 e. The molecule has 4 fully saturated rings. The number of aromatic nitrogens is 4. The highest BCUT2D eigenvalue weighted by atomic mass is 19.1. The van der Waals surface area contributed by atoms with E-state index in [0.29, 0.717) is 63.8 Å². The van der Waals surface area contributed by atoms with E-state index in [1.54, 1.807) is 24.4 Å². The van der Waals surface area contributed by atoms with Gasteiger partial charge in [0.25, 0.3) is 0 Å². The molecule has 3 aromatic heterocycles. The van der Waals surface area contributed by atoms with Crippen molar-refractivity contribution in [3.05, 3.63) is 54.1 Å². The van der Waals surface area contributed by atoms with Gasteiger partial charge in [-0.2, -0.15) is 9.97 Å². The number of phenolic OH excluding ortho intramolecular Hbond substituents is 1. The van der Waals surface area contributed by atoms with Crippen LogP contribution in [0.5, 0.6) is 11.8 Å². The quantitative estimate of drug-likeness (QED) is 0.243. The fraction of sp³-hybridized carbons (Fsp3) is 0.432. The van der Waals surface area contributed by atoms with Gasteiger partial charge in [0.15, 0.2) is 5.82 Å². The number of rotatable bonds is 7. The van der Waals surface area contributed by atoms with Crippen LogP contribution in [0.15, 0.2) is 42.7 Å². The second kappa shape index (κ2) is 11.3. The lowest BCUT2D eigenvalue weighted by molar-refractivity contribution is -0.0134. The first-order chi connectivity index (χ1) is 23.4. The third-order valence-corrected chi connectivity index (χ3v) is 10.8. The predicted molar refractivity (Wildman–Crippen MR) is 182 cm³/mol. The number of nitrogens with zero attached hydrogens (tertiary/aromatic N) is 6. The second-order valence-corrected chi connectivity index (χ2v) is 14.1. The minimum atomic E-state index is -0.494. The van der Waals surface area contributed by atoms with Gasteiger partial charge in [0.05, 0.1) is 30.9 Å². The van der Waals surface area contributed by atoms with Gasteiger partial charge in [-0.3, -0.25) is 9.30 Å². The molecule has 3 saturated heterocycles. The Morgan fingerprint density at radius 2 is 1.98 bits per heavy atom. The van der Waals surface area contributed by atoms with E-state index in [2.05, 4.69) is 28.0 Å². The van der Waals surface area contributed by atoms with Gasteiger partial charge >= 0.3 is 6.01 Å². The molecule has 1 saturated carbocycles. The van der Waals surface area contributed by atoms with Crippen LogP contribution in [0, 0.1) is 23.6 Å². The molecule has 3 atom stereocenters. The molecule has 0 amide bonds. The van der Waals surface area contributed by atoms with Crippen LogP contribution in [0.25, 0.3) is 38.6 Å². The summed E-state index contributed by atoms with van der Waals surface area (Å²) in [5.41, 5.74) is 3.60. The number of benzene rings is 2. The Labute approximate surface area is 277 Å². The lowest BCUT2D eigenvalue weighted by atomic mass is 9.94. The third kappa shape index (κ3) is 5.02. The van der Waals surface area contributed by atoms with Crippen LogP contribution >= 0.6 is 0 Å². The summed E-state index contributed by atoms with van der Waals surface area (Å²) in [4.78, 5) is 19.8. The van der Waals surface area contributed by atoms with Gasteiger partial charge in [-0.15, -0.1) is 6.42 Å². The Morgan fingerprint density at radius 3 is 2.75 bits per heavy atom. The average Bonchev–Trinajstić information content (AvgIpc) is 3.51. The van der Waals surface area contributed by atoms with Crippen LogP contribution in [-0.2, 0) is 4.74 Å². The lowest BCUT2D eigenvalue weighted by Gasteiger charge is -2.36. The van der Waals surface area contributed by atoms with Gasteiger partial charge in [0.2, 0.25) is 0 Å². The van der Waals surface area contributed by atoms with Crippen molar-refractivity contribution in [3.63, 3.8) is 0 Å². The second-order valence-electron chi connectivity index (χ2n) is 14.1. The number of aromatic hydroxyl groups is 1. The van der Waals surface area contributed by atoms with Crippen LogP contribution < -0.4 is 15.0 Å². The van der Waals surface area contributed by atoms with Crippen molar-refractivity contribution in [2.45, 2.75) is 50.7 Å². The maximum atomic E-state index is 15.1. The summed E-state index contributed by atoms with van der Waals surface area (Å²) in [6.07, 6.45) is 14.0. The number of piperazine rings is 1. The highest BCUT2D eigenvalue weighted by Gasteiger charge is 2.46. The number of anilines is 1. The van der Waals surface area contributed by atoms with Crippen LogP contribution in [0.1, 0.15) is 38.2 Å². The van der Waals surface area contributed by atoms with Crippen LogP contribution in [0.3, 0.4) is 0 Å². The van der Waals surface area contributed by atoms with E-state index in [-0.39, 0.29) is 16.7 Å². The van der Waals surface area contributed by atoms with Gasteiger partial charge in [0, 0.05) is 73.1 Å². The Bertz CT molecular complexity index is 2110. The highest BCUT2D eigenvalue weighted by molar-refractivity contribution is 6.06. The van der Waals surface area contributed by atoms with E-state index < -0.39 is 5.82 Å². The van der Waals surface area contributed by atoms with E-state index in [4.69, 9.17) is 30.8 Å². The highest BCUT2D eigenvalue weighted by Crippen LogP contribution is 2.47. The summed E-state index contributed by atoms with van der Waals surface area (Å²) in [6, 6.07) is 9.66. The number of pyridine rings is 1. The molecule has 2 bridgehead atoms. The Balaban J connectivity index is 1.19. The first-order valence-corrected chi connectivity index (χ1v) is 16.9. The van der Waals surface area contributed by atoms with Crippen molar-refractivity contribution in [3.8, 4) is 35.2 Å². The number of hydrogen-bond donors (Lipinski definition) is 2. The van der Waals surface area contributed by atoms with Gasteiger partial charge in [-0.05, 0) is 67.8 Å². The minimum absolute atomic E-state index is 0.0462. The topological polar surface area (TPSA) is 100 Å². The number of fused-ring (bicyclic) bond motifs is 6. The molecule has 2 aromatic carbocycles. The smallest absolute Gasteiger partial charge is 0.319 e. The summed E-state index contributed by atoms with van der Waals surface area (Å²) >= 11 is 0. The molecular weight excluding hydrogens is 609 g/mol. The van der Waals surface area contributed by atoms with E-state index >= 15 is 4.39 Å².